The molecular weight excluding hydrogens is 511 g/mol. The molecule has 0 saturated heterocycles. The summed E-state index contributed by atoms with van der Waals surface area (Å²) < 4.78 is 145. The summed E-state index contributed by atoms with van der Waals surface area (Å²) in [5.41, 5.74) is -16.8. The fraction of sp³-hybridized carbons (Fsp3) is 0.429. The zero-order valence-electron chi connectivity index (χ0n) is 15.7. The molecule has 20 heteroatoms. The number of allylic oxidation sites excluding steroid dienone is 1. The Morgan fingerprint density at radius 1 is 0.853 bits per heavy atom. The molecule has 34 heavy (non-hydrogen) atoms. The lowest BCUT2D eigenvalue weighted by molar-refractivity contribution is -0.392. The second-order valence-corrected chi connectivity index (χ2v) is 6.59. The van der Waals surface area contributed by atoms with Crippen molar-refractivity contribution in [1.29, 1.82) is 0 Å². The summed E-state index contributed by atoms with van der Waals surface area (Å²) in [4.78, 5) is 19.0. The molecule has 0 saturated carbocycles. The SMILES string of the molecule is CC1(Nc2c([N+](=O)[O-])cc(C(F)(F)F)cc2[N+](=O)[O-])N=NC(C(F)(F)C(F)(F)F)=C1C(F)(F)F. The van der Waals surface area contributed by atoms with Crippen LogP contribution in [0.15, 0.2) is 33.6 Å². The number of hydrogen-bond acceptors (Lipinski definition) is 7. The second-order valence-electron chi connectivity index (χ2n) is 6.59. The molecule has 9 nitrogen and oxygen atoms in total. The van der Waals surface area contributed by atoms with Gasteiger partial charge < -0.3 is 5.32 Å². The molecule has 0 amide bonds. The minimum atomic E-state index is -6.62. The minimum Gasteiger partial charge on any atom is -0.345 e. The number of nitro benzene ring substituents is 2. The number of halogens is 11. The van der Waals surface area contributed by atoms with Crippen LogP contribution in [0.1, 0.15) is 12.5 Å². The number of nitrogens with one attached hydrogen (secondary N) is 1. The van der Waals surface area contributed by atoms with Gasteiger partial charge in [0.25, 0.3) is 11.4 Å². The van der Waals surface area contributed by atoms with Crippen molar-refractivity contribution in [2.24, 2.45) is 10.2 Å². The number of azo groups is 1. The normalized spacial score (nSPS) is 19.5. The van der Waals surface area contributed by atoms with Crippen molar-refractivity contribution in [3.8, 4) is 0 Å². The van der Waals surface area contributed by atoms with E-state index in [0.717, 1.165) is 0 Å². The van der Waals surface area contributed by atoms with Gasteiger partial charge >= 0.3 is 24.5 Å². The van der Waals surface area contributed by atoms with Crippen LogP contribution in [0.4, 0.5) is 65.4 Å². The Balaban J connectivity index is 2.85. The van der Waals surface area contributed by atoms with Gasteiger partial charge in [-0.2, -0.15) is 58.5 Å². The van der Waals surface area contributed by atoms with Crippen LogP contribution in [0.2, 0.25) is 0 Å². The minimum absolute atomic E-state index is 0.129. The van der Waals surface area contributed by atoms with Gasteiger partial charge in [0.05, 0.1) is 15.4 Å². The number of alkyl halides is 11. The van der Waals surface area contributed by atoms with Crippen molar-refractivity contribution in [3.63, 3.8) is 0 Å². The fourth-order valence-corrected chi connectivity index (χ4v) is 2.77. The van der Waals surface area contributed by atoms with E-state index in [-0.39, 0.29) is 19.1 Å². The van der Waals surface area contributed by atoms with E-state index in [0.29, 0.717) is 0 Å². The number of nitrogens with zero attached hydrogens (tertiary/aromatic N) is 4. The molecule has 0 bridgehead atoms. The summed E-state index contributed by atoms with van der Waals surface area (Å²) in [7, 11) is 0. The van der Waals surface area contributed by atoms with Crippen molar-refractivity contribution in [2.45, 2.75) is 37.0 Å². The highest BCUT2D eigenvalue weighted by molar-refractivity contribution is 5.76. The zero-order chi connectivity index (χ0) is 26.7. The molecule has 1 atom stereocenters. The lowest BCUT2D eigenvalue weighted by Gasteiger charge is -2.28. The molecule has 1 heterocycles. The monoisotopic (exact) mass is 517 g/mol. The first kappa shape index (κ1) is 26.6. The molecule has 0 aliphatic carbocycles. The Morgan fingerprint density at radius 3 is 1.62 bits per heavy atom. The predicted molar refractivity (Wildman–Crippen MR) is 85.7 cm³/mol. The van der Waals surface area contributed by atoms with Crippen LogP contribution >= 0.6 is 0 Å². The van der Waals surface area contributed by atoms with Gasteiger partial charge in [0.15, 0.2) is 17.0 Å². The molecule has 1 unspecified atom stereocenters. The zero-order valence-corrected chi connectivity index (χ0v) is 15.7. The van der Waals surface area contributed by atoms with Crippen molar-refractivity contribution >= 4 is 17.1 Å². The highest BCUT2D eigenvalue weighted by Gasteiger charge is 2.67. The van der Waals surface area contributed by atoms with E-state index in [1.54, 1.807) is 0 Å². The van der Waals surface area contributed by atoms with Gasteiger partial charge in [-0.15, -0.1) is 0 Å². The van der Waals surface area contributed by atoms with Crippen LogP contribution in [-0.4, -0.2) is 33.8 Å². The third kappa shape index (κ3) is 4.55. The molecule has 0 aromatic heterocycles. The number of benzene rings is 1. The first-order chi connectivity index (χ1) is 15.0. The average molecular weight is 517 g/mol. The van der Waals surface area contributed by atoms with Crippen molar-refractivity contribution in [2.75, 3.05) is 5.32 Å². The summed E-state index contributed by atoms with van der Waals surface area (Å²) in [5, 5.41) is 28.6. The highest BCUT2D eigenvalue weighted by Crippen LogP contribution is 2.53. The van der Waals surface area contributed by atoms with Gasteiger partial charge in [-0.05, 0) is 6.92 Å². The molecule has 188 valence electrons. The van der Waals surface area contributed by atoms with Crippen molar-refractivity contribution in [3.05, 3.63) is 49.2 Å². The van der Waals surface area contributed by atoms with E-state index >= 15 is 0 Å². The van der Waals surface area contributed by atoms with Crippen LogP contribution in [0.25, 0.3) is 0 Å². The first-order valence-corrected chi connectivity index (χ1v) is 8.06. The van der Waals surface area contributed by atoms with Crippen LogP contribution in [-0.2, 0) is 6.18 Å². The maximum Gasteiger partial charge on any atom is 0.459 e. The van der Waals surface area contributed by atoms with Crippen LogP contribution in [0.3, 0.4) is 0 Å². The Labute approximate surface area is 178 Å². The number of nitro groups is 2. The average Bonchev–Trinajstić information content (AvgIpc) is 2.97. The van der Waals surface area contributed by atoms with E-state index in [4.69, 9.17) is 0 Å². The van der Waals surface area contributed by atoms with Crippen molar-refractivity contribution in [1.82, 2.24) is 0 Å². The molecular formula is C14H6F11N5O4. The maximum atomic E-state index is 13.7. The molecule has 0 fully saturated rings. The summed E-state index contributed by atoms with van der Waals surface area (Å²) >= 11 is 0. The molecule has 1 aliphatic heterocycles. The Kier molecular flexibility index (Phi) is 6.05. The molecule has 1 aliphatic rings. The van der Waals surface area contributed by atoms with Gasteiger partial charge in [-0.3, -0.25) is 20.2 Å². The molecule has 1 aromatic carbocycles. The second kappa shape index (κ2) is 7.72. The summed E-state index contributed by atoms with van der Waals surface area (Å²) in [6, 6.07) is -0.653. The molecule has 0 spiro atoms. The third-order valence-corrected chi connectivity index (χ3v) is 4.20. The quantitative estimate of drug-likeness (QED) is 0.286. The topological polar surface area (TPSA) is 123 Å². The van der Waals surface area contributed by atoms with E-state index in [1.165, 1.54) is 5.32 Å². The summed E-state index contributed by atoms with van der Waals surface area (Å²) in [6.07, 6.45) is -18.1. The largest absolute Gasteiger partial charge is 0.459 e. The maximum absolute atomic E-state index is 13.7. The summed E-state index contributed by atoms with van der Waals surface area (Å²) in [5.74, 6) is -6.25. The van der Waals surface area contributed by atoms with E-state index in [9.17, 15) is 68.5 Å². The summed E-state index contributed by atoms with van der Waals surface area (Å²) in [6.45, 7) is 0.129. The standard InChI is InChI=1S/C14H6F11N5O4/c1-10(8(13(20,21)22)9(27-28-10)11(15,16)14(23,24)25)26-7-5(29(31)32)2-4(12(17,18)19)3-6(7)30(33)34/h2-3,26H,1H3. The van der Waals surface area contributed by atoms with Gasteiger partial charge in [0.1, 0.15) is 5.57 Å². The van der Waals surface area contributed by atoms with Crippen molar-refractivity contribution < 1.29 is 58.1 Å². The van der Waals surface area contributed by atoms with Crippen LogP contribution in [0.5, 0.6) is 0 Å². The molecule has 1 N–H and O–H groups in total. The Bertz CT molecular complexity index is 1070. The van der Waals surface area contributed by atoms with E-state index in [2.05, 4.69) is 10.2 Å². The van der Waals surface area contributed by atoms with Gasteiger partial charge in [0, 0.05) is 12.1 Å². The van der Waals surface area contributed by atoms with Gasteiger partial charge in [0.2, 0.25) is 0 Å². The van der Waals surface area contributed by atoms with Crippen LogP contribution < -0.4 is 5.32 Å². The Hall–Kier alpha value is -3.61. The number of rotatable bonds is 5. The van der Waals surface area contributed by atoms with Gasteiger partial charge in [-0.1, -0.05) is 0 Å². The Morgan fingerprint density at radius 2 is 1.29 bits per heavy atom. The fourth-order valence-electron chi connectivity index (χ4n) is 2.77. The third-order valence-electron chi connectivity index (χ3n) is 4.20. The molecule has 1 aromatic rings. The first-order valence-electron chi connectivity index (χ1n) is 8.06. The number of anilines is 1. The molecule has 2 rings (SSSR count). The lowest BCUT2D eigenvalue weighted by atomic mass is 9.96. The van der Waals surface area contributed by atoms with Gasteiger partial charge in [-0.25, -0.2) is 0 Å². The highest BCUT2D eigenvalue weighted by atomic mass is 19.4. The lowest BCUT2D eigenvalue weighted by Crippen LogP contribution is -2.44. The van der Waals surface area contributed by atoms with E-state index < -0.39 is 73.9 Å². The van der Waals surface area contributed by atoms with E-state index in [1.807, 2.05) is 0 Å². The van der Waals surface area contributed by atoms with Crippen LogP contribution in [0, 0.1) is 20.2 Å². The number of hydrogen-bond donors (Lipinski definition) is 1. The smallest absolute Gasteiger partial charge is 0.345 e. The predicted octanol–water partition coefficient (Wildman–Crippen LogP) is 6.13. The molecule has 0 radical (unpaired) electrons.